The van der Waals surface area contributed by atoms with Crippen LogP contribution in [0.2, 0.25) is 0 Å². The highest BCUT2D eigenvalue weighted by atomic mass is 16.5. The molecule has 3 aliphatic rings. The number of fused-ring (bicyclic) bond motifs is 4. The Labute approximate surface area is 165 Å². The van der Waals surface area contributed by atoms with E-state index in [1.807, 2.05) is 6.92 Å². The number of hydrogen-bond donors (Lipinski definition) is 2. The maximum atomic E-state index is 12.3. The van der Waals surface area contributed by atoms with E-state index in [0.717, 1.165) is 86.5 Å². The summed E-state index contributed by atoms with van der Waals surface area (Å²) in [5.74, 6) is 0.927. The van der Waals surface area contributed by atoms with Gasteiger partial charge in [-0.25, -0.2) is 4.79 Å². The highest BCUT2D eigenvalue weighted by Crippen LogP contribution is 2.36. The molecule has 5 rings (SSSR count). The first-order chi connectivity index (χ1) is 13.7. The molecular formula is C22H30N2O4+2. The predicted octanol–water partition coefficient (Wildman–Crippen LogP) is -0.370. The van der Waals surface area contributed by atoms with Gasteiger partial charge in [-0.3, -0.25) is 4.90 Å². The Hall–Kier alpha value is -1.89. The summed E-state index contributed by atoms with van der Waals surface area (Å²) in [6, 6.07) is 2.23. The van der Waals surface area contributed by atoms with Crippen molar-refractivity contribution in [3.05, 3.63) is 38.7 Å². The molecule has 6 heteroatoms. The Morgan fingerprint density at radius 2 is 1.86 bits per heavy atom. The van der Waals surface area contributed by atoms with Gasteiger partial charge in [0.1, 0.15) is 31.0 Å². The van der Waals surface area contributed by atoms with E-state index in [1.54, 1.807) is 4.90 Å². The fourth-order valence-corrected chi connectivity index (χ4v) is 5.11. The molecule has 2 aromatic rings. The topological polar surface area (TPSA) is 57.5 Å². The minimum absolute atomic E-state index is 0.156. The van der Waals surface area contributed by atoms with Crippen LogP contribution in [0.5, 0.6) is 5.75 Å². The molecule has 3 heterocycles. The molecule has 0 radical (unpaired) electrons. The molecule has 0 bridgehead atoms. The van der Waals surface area contributed by atoms with Gasteiger partial charge in [0.2, 0.25) is 6.73 Å². The number of hydrogen-bond acceptors (Lipinski definition) is 4. The van der Waals surface area contributed by atoms with Crippen molar-refractivity contribution in [2.45, 2.75) is 39.2 Å². The average Bonchev–Trinajstić information content (AvgIpc) is 3.21. The number of morpholine rings is 1. The minimum Gasteiger partial charge on any atom is -0.444 e. The second kappa shape index (κ2) is 7.50. The second-order valence-electron chi connectivity index (χ2n) is 8.50. The number of benzene rings is 1. The first-order valence-corrected chi connectivity index (χ1v) is 10.7. The first-order valence-electron chi connectivity index (χ1n) is 10.7. The van der Waals surface area contributed by atoms with E-state index < -0.39 is 0 Å². The summed E-state index contributed by atoms with van der Waals surface area (Å²) in [4.78, 5) is 15.5. The van der Waals surface area contributed by atoms with E-state index in [0.29, 0.717) is 6.73 Å². The van der Waals surface area contributed by atoms with E-state index in [2.05, 4.69) is 6.07 Å². The van der Waals surface area contributed by atoms with Crippen molar-refractivity contribution in [1.82, 2.24) is 0 Å². The number of ether oxygens (including phenoxy) is 2. The molecule has 2 aliphatic heterocycles. The van der Waals surface area contributed by atoms with Gasteiger partial charge in [0.25, 0.3) is 0 Å². The molecule has 2 N–H and O–H groups in total. The summed E-state index contributed by atoms with van der Waals surface area (Å²) in [6.07, 6.45) is 4.09. The lowest BCUT2D eigenvalue weighted by Crippen LogP contribution is -3.16. The standard InChI is InChI=1S/C22H28N2O4/c1-15-20-16(12-19-17-4-2-5-18(17)22(25)28-21(15)19)13-24(14-27-20)7-3-6-23-8-10-26-11-9-23/h12H,2-11,13-14H2,1H3/p+2. The minimum atomic E-state index is -0.156. The number of quaternary nitrogens is 2. The van der Waals surface area contributed by atoms with E-state index in [-0.39, 0.29) is 5.63 Å². The van der Waals surface area contributed by atoms with Gasteiger partial charge in [-0.1, -0.05) is 0 Å². The summed E-state index contributed by atoms with van der Waals surface area (Å²) in [5.41, 5.74) is 4.91. The van der Waals surface area contributed by atoms with E-state index in [4.69, 9.17) is 13.9 Å². The second-order valence-corrected chi connectivity index (χ2v) is 8.50. The Bertz CT molecular complexity index is 946. The molecule has 1 fully saturated rings. The van der Waals surface area contributed by atoms with Gasteiger partial charge in [-0.15, -0.1) is 0 Å². The van der Waals surface area contributed by atoms with Crippen LogP contribution in [0.3, 0.4) is 0 Å². The quantitative estimate of drug-likeness (QED) is 0.704. The summed E-state index contributed by atoms with van der Waals surface area (Å²) < 4.78 is 17.3. The van der Waals surface area contributed by atoms with Crippen LogP contribution < -0.4 is 20.2 Å². The molecule has 28 heavy (non-hydrogen) atoms. The Balaban J connectivity index is 1.35. The van der Waals surface area contributed by atoms with Crippen molar-refractivity contribution in [2.75, 3.05) is 46.1 Å². The van der Waals surface area contributed by atoms with E-state index >= 15 is 0 Å². The zero-order chi connectivity index (χ0) is 19.1. The van der Waals surface area contributed by atoms with Crippen LogP contribution in [0.1, 0.15) is 35.1 Å². The Morgan fingerprint density at radius 3 is 2.71 bits per heavy atom. The maximum Gasteiger partial charge on any atom is 0.339 e. The van der Waals surface area contributed by atoms with Crippen LogP contribution in [-0.4, -0.2) is 46.1 Å². The van der Waals surface area contributed by atoms with Gasteiger partial charge < -0.3 is 18.8 Å². The molecule has 1 aromatic carbocycles. The lowest BCUT2D eigenvalue weighted by Gasteiger charge is -2.29. The normalized spacial score (nSPS) is 22.1. The lowest BCUT2D eigenvalue weighted by molar-refractivity contribution is -0.942. The van der Waals surface area contributed by atoms with Crippen LogP contribution in [-0.2, 0) is 24.1 Å². The highest BCUT2D eigenvalue weighted by Gasteiger charge is 2.28. The van der Waals surface area contributed by atoms with Gasteiger partial charge in [0.15, 0.2) is 0 Å². The summed E-state index contributed by atoms with van der Waals surface area (Å²) >= 11 is 0. The molecular weight excluding hydrogens is 356 g/mol. The molecule has 6 nitrogen and oxygen atoms in total. The molecule has 1 saturated heterocycles. The molecule has 1 unspecified atom stereocenters. The first kappa shape index (κ1) is 18.2. The summed E-state index contributed by atoms with van der Waals surface area (Å²) in [6.45, 7) is 10.1. The molecule has 0 saturated carbocycles. The smallest absolute Gasteiger partial charge is 0.339 e. The fraction of sp³-hybridized carbons (Fsp3) is 0.591. The van der Waals surface area contributed by atoms with Crippen molar-refractivity contribution in [2.24, 2.45) is 0 Å². The third-order valence-electron chi connectivity index (χ3n) is 6.64. The highest BCUT2D eigenvalue weighted by molar-refractivity contribution is 5.87. The van der Waals surface area contributed by atoms with Gasteiger partial charge in [0, 0.05) is 28.5 Å². The van der Waals surface area contributed by atoms with Crippen molar-refractivity contribution < 1.29 is 23.7 Å². The molecule has 0 amide bonds. The maximum absolute atomic E-state index is 12.3. The monoisotopic (exact) mass is 386 g/mol. The molecule has 0 spiro atoms. The summed E-state index contributed by atoms with van der Waals surface area (Å²) in [7, 11) is 0. The zero-order valence-electron chi connectivity index (χ0n) is 16.7. The zero-order valence-corrected chi connectivity index (χ0v) is 16.7. The van der Waals surface area contributed by atoms with Crippen LogP contribution in [0, 0.1) is 6.92 Å². The lowest BCUT2D eigenvalue weighted by atomic mass is 9.99. The van der Waals surface area contributed by atoms with Crippen LogP contribution >= 0.6 is 0 Å². The van der Waals surface area contributed by atoms with E-state index in [9.17, 15) is 4.79 Å². The van der Waals surface area contributed by atoms with Crippen LogP contribution in [0.4, 0.5) is 0 Å². The number of rotatable bonds is 4. The molecule has 1 aromatic heterocycles. The molecule has 1 aliphatic carbocycles. The SMILES string of the molecule is Cc1c2c(cc3c4c(c(=O)oc13)CCC4)C[NH+](CCC[NH+]1CCOCC1)CO2. The van der Waals surface area contributed by atoms with Gasteiger partial charge >= 0.3 is 5.63 Å². The molecule has 1 atom stereocenters. The average molecular weight is 386 g/mol. The van der Waals surface area contributed by atoms with Crippen molar-refractivity contribution in [1.29, 1.82) is 0 Å². The fourth-order valence-electron chi connectivity index (χ4n) is 5.11. The van der Waals surface area contributed by atoms with Crippen LogP contribution in [0.25, 0.3) is 11.0 Å². The largest absolute Gasteiger partial charge is 0.444 e. The van der Waals surface area contributed by atoms with Crippen LogP contribution in [0.15, 0.2) is 15.3 Å². The van der Waals surface area contributed by atoms with Gasteiger partial charge in [-0.05, 0) is 37.8 Å². The molecule has 150 valence electrons. The summed E-state index contributed by atoms with van der Waals surface area (Å²) in [5, 5.41) is 1.13. The number of aryl methyl sites for hydroxylation is 2. The third-order valence-corrected chi connectivity index (χ3v) is 6.64. The van der Waals surface area contributed by atoms with Gasteiger partial charge in [-0.2, -0.15) is 0 Å². The van der Waals surface area contributed by atoms with E-state index in [1.165, 1.54) is 29.0 Å². The van der Waals surface area contributed by atoms with Gasteiger partial charge in [0.05, 0.1) is 26.3 Å². The van der Waals surface area contributed by atoms with Crippen molar-refractivity contribution in [3.63, 3.8) is 0 Å². The predicted molar refractivity (Wildman–Crippen MR) is 105 cm³/mol. The Kier molecular flexibility index (Phi) is 4.87. The Morgan fingerprint density at radius 1 is 1.07 bits per heavy atom. The van der Waals surface area contributed by atoms with Crippen molar-refractivity contribution >= 4 is 11.0 Å². The third kappa shape index (κ3) is 3.23. The van der Waals surface area contributed by atoms with Crippen molar-refractivity contribution in [3.8, 4) is 5.75 Å². The number of nitrogens with one attached hydrogen (secondary N) is 2.